The summed E-state index contributed by atoms with van der Waals surface area (Å²) in [6, 6.07) is 65.5. The van der Waals surface area contributed by atoms with Crippen LogP contribution in [0.2, 0.25) is 0 Å². The van der Waals surface area contributed by atoms with Gasteiger partial charge in [0.25, 0.3) is 0 Å². The number of fused-ring (bicyclic) bond motifs is 3. The van der Waals surface area contributed by atoms with Gasteiger partial charge in [-0.05, 0) is 122 Å². The highest BCUT2D eigenvalue weighted by atomic mass is 15.1. The number of hydrogen-bond donors (Lipinski definition) is 0. The minimum Gasteiger partial charge on any atom is -0.317 e. The Morgan fingerprint density at radius 3 is 1.42 bits per heavy atom. The first kappa shape index (κ1) is 31.1. The molecule has 0 N–H and O–H groups in total. The second-order valence-electron chi connectivity index (χ2n) is 13.2. The molecule has 0 bridgehead atoms. The lowest BCUT2D eigenvalue weighted by Gasteiger charge is -2.28. The Morgan fingerprint density at radius 2 is 0.865 bits per heavy atom. The topological polar surface area (TPSA) is 6.48 Å². The zero-order valence-electron chi connectivity index (χ0n) is 28.7. The molecule has 246 valence electrons. The van der Waals surface area contributed by atoms with E-state index in [0.717, 1.165) is 39.6 Å². The molecule has 0 radical (unpaired) electrons. The van der Waals surface area contributed by atoms with E-state index in [1.54, 1.807) is 0 Å². The van der Waals surface area contributed by atoms with Crippen molar-refractivity contribution >= 4 is 55.6 Å². The summed E-state index contributed by atoms with van der Waals surface area (Å²) in [7, 11) is 0. The lowest BCUT2D eigenvalue weighted by Crippen LogP contribution is -2.12. The van der Waals surface area contributed by atoms with Crippen molar-refractivity contribution in [2.45, 2.75) is 0 Å². The van der Waals surface area contributed by atoms with E-state index in [4.69, 9.17) is 0 Å². The van der Waals surface area contributed by atoms with Crippen LogP contribution in [0.1, 0.15) is 5.56 Å². The normalized spacial score (nSPS) is 13.7. The predicted molar refractivity (Wildman–Crippen MR) is 223 cm³/mol. The molecule has 0 aromatic heterocycles. The molecule has 8 aromatic carbocycles. The monoisotopic (exact) mass is 664 g/mol. The van der Waals surface area contributed by atoms with Gasteiger partial charge >= 0.3 is 0 Å². The van der Waals surface area contributed by atoms with Gasteiger partial charge in [-0.25, -0.2) is 0 Å². The highest BCUT2D eigenvalue weighted by molar-refractivity contribution is 5.90. The van der Waals surface area contributed by atoms with Gasteiger partial charge in [0.2, 0.25) is 0 Å². The second kappa shape index (κ2) is 13.4. The van der Waals surface area contributed by atoms with E-state index in [1.165, 1.54) is 43.8 Å². The molecule has 0 saturated heterocycles. The summed E-state index contributed by atoms with van der Waals surface area (Å²) in [5, 5.41) is 4.99. The Morgan fingerprint density at radius 1 is 0.404 bits per heavy atom. The van der Waals surface area contributed by atoms with E-state index < -0.39 is 0 Å². The molecule has 0 spiro atoms. The van der Waals surface area contributed by atoms with Crippen molar-refractivity contribution in [1.82, 2.24) is 0 Å². The SMILES string of the molecule is C=C1/C=C\C=C/N(c2ccc(N(c3ccc(-c4ccc5ccccc5c4)cc3)c3ccc(-c4ccc5ccccc5c4)cc3)cc2)c2ccccc21. The summed E-state index contributed by atoms with van der Waals surface area (Å²) in [6.45, 7) is 4.31. The summed E-state index contributed by atoms with van der Waals surface area (Å²) in [4.78, 5) is 4.56. The van der Waals surface area contributed by atoms with Crippen LogP contribution >= 0.6 is 0 Å². The predicted octanol–water partition coefficient (Wildman–Crippen LogP) is 14.0. The number of rotatable bonds is 6. The van der Waals surface area contributed by atoms with Crippen molar-refractivity contribution < 1.29 is 0 Å². The first-order chi connectivity index (χ1) is 25.7. The van der Waals surface area contributed by atoms with Crippen LogP contribution in [0.25, 0.3) is 49.4 Å². The number of benzene rings is 8. The van der Waals surface area contributed by atoms with Crippen molar-refractivity contribution in [3.05, 3.63) is 219 Å². The van der Waals surface area contributed by atoms with Crippen molar-refractivity contribution in [3.63, 3.8) is 0 Å². The first-order valence-corrected chi connectivity index (χ1v) is 17.7. The number of allylic oxidation sites excluding steroid dienone is 4. The summed E-state index contributed by atoms with van der Waals surface area (Å²) in [6.07, 6.45) is 8.29. The Kier molecular flexibility index (Phi) is 8.03. The van der Waals surface area contributed by atoms with Crippen molar-refractivity contribution in [1.29, 1.82) is 0 Å². The van der Waals surface area contributed by atoms with Gasteiger partial charge in [0.15, 0.2) is 0 Å². The third-order valence-electron chi connectivity index (χ3n) is 9.96. The fourth-order valence-corrected chi connectivity index (χ4v) is 7.21. The van der Waals surface area contributed by atoms with Gasteiger partial charge in [0.05, 0.1) is 5.69 Å². The molecular formula is C50H36N2. The molecule has 0 fully saturated rings. The van der Waals surface area contributed by atoms with Gasteiger partial charge in [0, 0.05) is 34.5 Å². The average molecular weight is 665 g/mol. The van der Waals surface area contributed by atoms with E-state index in [9.17, 15) is 0 Å². The van der Waals surface area contributed by atoms with Gasteiger partial charge in [0.1, 0.15) is 0 Å². The lowest BCUT2D eigenvalue weighted by atomic mass is 10.00. The average Bonchev–Trinajstić information content (AvgIpc) is 3.21. The Balaban J connectivity index is 1.09. The smallest absolute Gasteiger partial charge is 0.0533 e. The third-order valence-corrected chi connectivity index (χ3v) is 9.96. The maximum Gasteiger partial charge on any atom is 0.0533 e. The molecule has 0 unspecified atom stereocenters. The number of nitrogens with zero attached hydrogens (tertiary/aromatic N) is 2. The number of anilines is 5. The summed E-state index contributed by atoms with van der Waals surface area (Å²) >= 11 is 0. The summed E-state index contributed by atoms with van der Waals surface area (Å²) in [5.41, 5.74) is 12.3. The van der Waals surface area contributed by atoms with E-state index in [1.807, 2.05) is 6.08 Å². The van der Waals surface area contributed by atoms with Crippen molar-refractivity contribution in [3.8, 4) is 22.3 Å². The van der Waals surface area contributed by atoms with Crippen LogP contribution in [0.4, 0.5) is 28.4 Å². The molecule has 2 nitrogen and oxygen atoms in total. The minimum absolute atomic E-state index is 0.993. The summed E-state index contributed by atoms with van der Waals surface area (Å²) in [5.74, 6) is 0. The molecule has 0 aliphatic carbocycles. The van der Waals surface area contributed by atoms with Crippen LogP contribution in [-0.2, 0) is 0 Å². The van der Waals surface area contributed by atoms with E-state index in [-0.39, 0.29) is 0 Å². The Labute approximate surface area is 305 Å². The van der Waals surface area contributed by atoms with Crippen LogP contribution in [-0.4, -0.2) is 0 Å². The van der Waals surface area contributed by atoms with Gasteiger partial charge < -0.3 is 9.80 Å². The molecule has 8 aromatic rings. The molecule has 0 atom stereocenters. The molecule has 52 heavy (non-hydrogen) atoms. The molecule has 0 amide bonds. The fraction of sp³-hybridized carbons (Fsp3) is 0. The maximum absolute atomic E-state index is 4.31. The molecule has 1 aliphatic rings. The number of para-hydroxylation sites is 1. The van der Waals surface area contributed by atoms with Crippen LogP contribution in [0.3, 0.4) is 0 Å². The van der Waals surface area contributed by atoms with Gasteiger partial charge in [-0.1, -0.05) is 134 Å². The van der Waals surface area contributed by atoms with Gasteiger partial charge in [-0.2, -0.15) is 0 Å². The molecule has 0 saturated carbocycles. The van der Waals surface area contributed by atoms with Gasteiger partial charge in [-0.15, -0.1) is 0 Å². The quantitative estimate of drug-likeness (QED) is 0.175. The Hall–Kier alpha value is -6.90. The zero-order chi connectivity index (χ0) is 34.9. The van der Waals surface area contributed by atoms with Crippen molar-refractivity contribution in [2.24, 2.45) is 0 Å². The van der Waals surface area contributed by atoms with E-state index in [2.05, 4.69) is 217 Å². The Bertz CT molecular complexity index is 2500. The zero-order valence-corrected chi connectivity index (χ0v) is 28.7. The molecule has 9 rings (SSSR count). The van der Waals surface area contributed by atoms with Gasteiger partial charge in [-0.3, -0.25) is 0 Å². The van der Waals surface area contributed by atoms with Crippen LogP contribution in [0.15, 0.2) is 213 Å². The number of hydrogen-bond acceptors (Lipinski definition) is 2. The lowest BCUT2D eigenvalue weighted by molar-refractivity contribution is 1.25. The third kappa shape index (κ3) is 5.97. The highest BCUT2D eigenvalue weighted by Gasteiger charge is 2.17. The maximum atomic E-state index is 4.31. The fourth-order valence-electron chi connectivity index (χ4n) is 7.21. The standard InChI is InChI=1S/C50H36N2/c1-36-10-8-9-33-51(50-16-7-6-15-49(36)50)45-29-31-48(32-30-45)52(46-25-21-39(22-26-46)43-19-17-37-11-2-4-13-41(37)34-43)47-27-23-40(24-28-47)44-20-18-38-12-3-5-14-42(38)35-44/h2-35H,1H2/b10-8-,33-9-. The van der Waals surface area contributed by atoms with E-state index in [0.29, 0.717) is 0 Å². The molecule has 1 heterocycles. The van der Waals surface area contributed by atoms with Crippen LogP contribution in [0.5, 0.6) is 0 Å². The van der Waals surface area contributed by atoms with Crippen LogP contribution < -0.4 is 9.80 Å². The van der Waals surface area contributed by atoms with E-state index >= 15 is 0 Å². The molecular weight excluding hydrogens is 629 g/mol. The highest BCUT2D eigenvalue weighted by Crippen LogP contribution is 2.40. The largest absolute Gasteiger partial charge is 0.317 e. The van der Waals surface area contributed by atoms with Crippen molar-refractivity contribution in [2.75, 3.05) is 9.80 Å². The molecule has 2 heteroatoms. The minimum atomic E-state index is 0.993. The molecule has 1 aliphatic heterocycles. The first-order valence-electron chi connectivity index (χ1n) is 17.7. The second-order valence-corrected chi connectivity index (χ2v) is 13.2. The summed E-state index contributed by atoms with van der Waals surface area (Å²) < 4.78 is 0. The van der Waals surface area contributed by atoms with Crippen LogP contribution in [0, 0.1) is 0 Å².